The number of rotatable bonds is 6. The van der Waals surface area contributed by atoms with Crippen molar-refractivity contribution in [3.05, 3.63) is 150 Å². The summed E-state index contributed by atoms with van der Waals surface area (Å²) in [5.41, 5.74) is 18.0. The van der Waals surface area contributed by atoms with Crippen LogP contribution in [0.5, 0.6) is 0 Å². The van der Waals surface area contributed by atoms with E-state index in [-0.39, 0.29) is 6.71 Å². The molecule has 0 spiro atoms. The minimum absolute atomic E-state index is 0.106. The highest BCUT2D eigenvalue weighted by molar-refractivity contribution is 7.00. The molecular weight excluding hydrogens is 579 g/mol. The third kappa shape index (κ3) is 4.96. The normalized spacial score (nSPS) is 13.2. The second kappa shape index (κ2) is 11.9. The predicted molar refractivity (Wildman–Crippen MR) is 208 cm³/mol. The third-order valence-electron chi connectivity index (χ3n) is 10.4. The maximum absolute atomic E-state index is 2.49. The molecule has 0 atom stereocenters. The van der Waals surface area contributed by atoms with Crippen LogP contribution in [-0.2, 0) is 0 Å². The highest BCUT2D eigenvalue weighted by Crippen LogP contribution is 2.44. The highest BCUT2D eigenvalue weighted by Gasteiger charge is 2.43. The molecule has 0 N–H and O–H groups in total. The highest BCUT2D eigenvalue weighted by atomic mass is 15.2. The summed E-state index contributed by atoms with van der Waals surface area (Å²) in [6.45, 7) is 13.7. The number of para-hydroxylation sites is 1. The van der Waals surface area contributed by atoms with E-state index in [4.69, 9.17) is 0 Å². The maximum atomic E-state index is 2.49. The van der Waals surface area contributed by atoms with Gasteiger partial charge in [-0.05, 0) is 110 Å². The summed E-state index contributed by atoms with van der Waals surface area (Å²) in [5, 5.41) is 0. The fraction of sp³-hybridized carbons (Fsp3) is 0.200. The molecule has 3 heteroatoms. The first-order chi connectivity index (χ1) is 23.3. The van der Waals surface area contributed by atoms with Gasteiger partial charge in [0.25, 0.3) is 6.71 Å². The molecule has 0 saturated carbocycles. The lowest BCUT2D eigenvalue weighted by molar-refractivity contribution is 0.866. The number of nitrogens with zero attached hydrogens (tertiary/aromatic N) is 2. The van der Waals surface area contributed by atoms with Crippen molar-refractivity contribution in [3.63, 3.8) is 0 Å². The Morgan fingerprint density at radius 3 is 1.35 bits per heavy atom. The molecule has 8 rings (SSSR count). The van der Waals surface area contributed by atoms with Gasteiger partial charge < -0.3 is 9.80 Å². The number of hydrogen-bond acceptors (Lipinski definition) is 2. The van der Waals surface area contributed by atoms with Gasteiger partial charge in [-0.3, -0.25) is 0 Å². The molecule has 0 fully saturated rings. The maximum Gasteiger partial charge on any atom is 0.252 e. The van der Waals surface area contributed by atoms with Crippen LogP contribution in [0.3, 0.4) is 0 Å². The average Bonchev–Trinajstić information content (AvgIpc) is 3.11. The minimum atomic E-state index is 0.106. The zero-order valence-electron chi connectivity index (χ0n) is 28.9. The van der Waals surface area contributed by atoms with E-state index in [1.165, 1.54) is 78.3 Å². The van der Waals surface area contributed by atoms with Crippen molar-refractivity contribution >= 4 is 57.2 Å². The molecule has 0 saturated heterocycles. The first kappa shape index (κ1) is 30.3. The zero-order valence-corrected chi connectivity index (χ0v) is 28.9. The van der Waals surface area contributed by atoms with Crippen LogP contribution in [0.25, 0.3) is 11.1 Å². The van der Waals surface area contributed by atoms with Crippen LogP contribution in [0.2, 0.25) is 0 Å². The molecule has 0 aliphatic carbocycles. The van der Waals surface area contributed by atoms with Gasteiger partial charge in [0, 0.05) is 34.1 Å². The number of fused-ring (bicyclic) bond motifs is 4. The predicted octanol–water partition coefficient (Wildman–Crippen LogP) is 10.8. The molecular formula is C45H43BN2. The lowest BCUT2D eigenvalue weighted by atomic mass is 9.33. The molecule has 0 amide bonds. The Morgan fingerprint density at radius 2 is 0.833 bits per heavy atom. The third-order valence-corrected chi connectivity index (χ3v) is 10.4. The van der Waals surface area contributed by atoms with Crippen LogP contribution >= 0.6 is 0 Å². The quantitative estimate of drug-likeness (QED) is 0.170. The lowest BCUT2D eigenvalue weighted by Gasteiger charge is -2.44. The first-order valence-corrected chi connectivity index (χ1v) is 17.6. The van der Waals surface area contributed by atoms with E-state index in [9.17, 15) is 0 Å². The van der Waals surface area contributed by atoms with Crippen LogP contribution in [0.4, 0.5) is 34.1 Å². The molecule has 48 heavy (non-hydrogen) atoms. The Hall–Kier alpha value is -5.02. The van der Waals surface area contributed by atoms with Gasteiger partial charge in [-0.15, -0.1) is 0 Å². The summed E-state index contributed by atoms with van der Waals surface area (Å²) >= 11 is 0. The average molecular weight is 623 g/mol. The van der Waals surface area contributed by atoms with E-state index >= 15 is 0 Å². The van der Waals surface area contributed by atoms with E-state index in [0.29, 0.717) is 17.8 Å². The van der Waals surface area contributed by atoms with E-state index in [0.717, 1.165) is 0 Å². The summed E-state index contributed by atoms with van der Waals surface area (Å²) in [6.07, 6.45) is 0. The number of benzene rings is 6. The van der Waals surface area contributed by atoms with Gasteiger partial charge in [0.15, 0.2) is 0 Å². The van der Waals surface area contributed by atoms with E-state index in [1.54, 1.807) is 0 Å². The molecule has 2 nitrogen and oxygen atoms in total. The second-order valence-electron chi connectivity index (χ2n) is 14.4. The molecule has 2 aliphatic rings. The topological polar surface area (TPSA) is 6.48 Å². The molecule has 6 aromatic carbocycles. The monoisotopic (exact) mass is 622 g/mol. The van der Waals surface area contributed by atoms with Crippen molar-refractivity contribution in [2.75, 3.05) is 9.80 Å². The largest absolute Gasteiger partial charge is 0.311 e. The van der Waals surface area contributed by atoms with Crippen molar-refractivity contribution < 1.29 is 0 Å². The van der Waals surface area contributed by atoms with Gasteiger partial charge in [-0.1, -0.05) is 126 Å². The van der Waals surface area contributed by atoms with Crippen molar-refractivity contribution in [2.24, 2.45) is 0 Å². The molecule has 2 heterocycles. The van der Waals surface area contributed by atoms with Crippen LogP contribution in [0.15, 0.2) is 133 Å². The fourth-order valence-electron chi connectivity index (χ4n) is 7.70. The Morgan fingerprint density at radius 1 is 0.396 bits per heavy atom. The van der Waals surface area contributed by atoms with Gasteiger partial charge in [0.1, 0.15) is 0 Å². The summed E-state index contributed by atoms with van der Waals surface area (Å²) in [4.78, 5) is 4.97. The second-order valence-corrected chi connectivity index (χ2v) is 14.4. The summed E-state index contributed by atoms with van der Waals surface area (Å²) in [5.74, 6) is 1.49. The summed E-state index contributed by atoms with van der Waals surface area (Å²) in [6, 6.07) is 50.5. The smallest absolute Gasteiger partial charge is 0.252 e. The Kier molecular flexibility index (Phi) is 7.52. The summed E-state index contributed by atoms with van der Waals surface area (Å²) in [7, 11) is 0. The van der Waals surface area contributed by atoms with E-state index < -0.39 is 0 Å². The van der Waals surface area contributed by atoms with Crippen molar-refractivity contribution in [1.82, 2.24) is 0 Å². The van der Waals surface area contributed by atoms with E-state index in [1.807, 2.05) is 0 Å². The van der Waals surface area contributed by atoms with Gasteiger partial charge in [-0.2, -0.15) is 0 Å². The van der Waals surface area contributed by atoms with Crippen LogP contribution in [0.1, 0.15) is 76.0 Å². The van der Waals surface area contributed by atoms with Gasteiger partial charge in [-0.25, -0.2) is 0 Å². The SMILES string of the molecule is CC(C)c1ccc(-c2ccc3c(c2)B2c4ccccc4N(c4ccc(C(C)C)cc4)c4cccc(c42)N3c2ccc(C(C)C)cc2)cc1. The molecule has 0 radical (unpaired) electrons. The molecule has 2 aliphatic heterocycles. The van der Waals surface area contributed by atoms with Crippen LogP contribution in [-0.4, -0.2) is 6.71 Å². The van der Waals surface area contributed by atoms with E-state index in [2.05, 4.69) is 185 Å². The molecule has 236 valence electrons. The van der Waals surface area contributed by atoms with Crippen molar-refractivity contribution in [3.8, 4) is 11.1 Å². The van der Waals surface area contributed by atoms with Crippen LogP contribution < -0.4 is 26.2 Å². The fourth-order valence-corrected chi connectivity index (χ4v) is 7.70. The standard InChI is InChI=1S/C45H43BN2/c1-29(2)32-14-16-35(17-15-32)36-22-27-42-40(28-36)46-39-10-7-8-11-41(39)47(37-23-18-33(19-24-37)30(3)4)43-12-9-13-44(45(43)46)48(42)38-25-20-34(21-26-38)31(5)6/h7-31H,1-6H3. The molecule has 0 aromatic heterocycles. The van der Waals surface area contributed by atoms with Crippen molar-refractivity contribution in [2.45, 2.75) is 59.3 Å². The van der Waals surface area contributed by atoms with Crippen molar-refractivity contribution in [1.29, 1.82) is 0 Å². The molecule has 6 aromatic rings. The minimum Gasteiger partial charge on any atom is -0.311 e. The molecule has 0 unspecified atom stereocenters. The lowest BCUT2D eigenvalue weighted by Crippen LogP contribution is -2.61. The Balaban J connectivity index is 1.37. The number of anilines is 6. The van der Waals surface area contributed by atoms with Gasteiger partial charge in [0.2, 0.25) is 0 Å². The zero-order chi connectivity index (χ0) is 33.1. The first-order valence-electron chi connectivity index (χ1n) is 17.6. The number of hydrogen-bond donors (Lipinski definition) is 0. The molecule has 0 bridgehead atoms. The van der Waals surface area contributed by atoms with Gasteiger partial charge in [0.05, 0.1) is 0 Å². The van der Waals surface area contributed by atoms with Crippen LogP contribution in [0, 0.1) is 0 Å². The summed E-state index contributed by atoms with van der Waals surface area (Å²) < 4.78 is 0. The van der Waals surface area contributed by atoms with Gasteiger partial charge >= 0.3 is 0 Å². The Bertz CT molecular complexity index is 2090. The Labute approximate surface area is 286 Å².